The van der Waals surface area contributed by atoms with Crippen molar-refractivity contribution in [2.45, 2.75) is 38.9 Å². The number of hydrogen-bond donors (Lipinski definition) is 0. The summed E-state index contributed by atoms with van der Waals surface area (Å²) in [6.07, 6.45) is 0.580. The van der Waals surface area contributed by atoms with Gasteiger partial charge in [-0.3, -0.25) is 0 Å². The molecule has 0 aliphatic carbocycles. The van der Waals surface area contributed by atoms with Crippen molar-refractivity contribution in [3.05, 3.63) is 24.3 Å². The third-order valence-corrected chi connectivity index (χ3v) is 3.43. The van der Waals surface area contributed by atoms with Crippen LogP contribution in [0.4, 0.5) is 10.5 Å². The van der Waals surface area contributed by atoms with Gasteiger partial charge in [0.05, 0.1) is 6.54 Å². The summed E-state index contributed by atoms with van der Waals surface area (Å²) < 4.78 is 11.4. The average molecular weight is 306 g/mol. The predicted molar refractivity (Wildman–Crippen MR) is 87.6 cm³/mol. The van der Waals surface area contributed by atoms with Gasteiger partial charge >= 0.3 is 6.09 Å². The van der Waals surface area contributed by atoms with Crippen LogP contribution in [0.25, 0.3) is 0 Å². The van der Waals surface area contributed by atoms with Gasteiger partial charge in [0, 0.05) is 38.8 Å². The van der Waals surface area contributed by atoms with Crippen LogP contribution in [-0.2, 0) is 4.74 Å². The molecule has 0 bridgehead atoms. The molecular weight excluding hydrogens is 280 g/mol. The SMILES string of the molecule is CN(C)c1cccc(O[C@H]2CCN(C(=O)OC(C)(C)C)C2)c1. The van der Waals surface area contributed by atoms with Crippen molar-refractivity contribution in [3.63, 3.8) is 0 Å². The summed E-state index contributed by atoms with van der Waals surface area (Å²) in [4.78, 5) is 15.8. The van der Waals surface area contributed by atoms with Crippen molar-refractivity contribution in [3.8, 4) is 5.75 Å². The summed E-state index contributed by atoms with van der Waals surface area (Å²) in [5.41, 5.74) is 0.635. The summed E-state index contributed by atoms with van der Waals surface area (Å²) in [5.74, 6) is 0.835. The fourth-order valence-corrected chi connectivity index (χ4v) is 2.34. The summed E-state index contributed by atoms with van der Waals surface area (Å²) in [5, 5.41) is 0. The molecule has 1 aromatic rings. The van der Waals surface area contributed by atoms with E-state index in [2.05, 4.69) is 0 Å². The molecule has 2 rings (SSSR count). The quantitative estimate of drug-likeness (QED) is 0.860. The first kappa shape index (κ1) is 16.5. The molecule has 0 N–H and O–H groups in total. The number of likely N-dealkylation sites (tertiary alicyclic amines) is 1. The highest BCUT2D eigenvalue weighted by Gasteiger charge is 2.30. The van der Waals surface area contributed by atoms with Crippen LogP contribution in [0.1, 0.15) is 27.2 Å². The van der Waals surface area contributed by atoms with Crippen LogP contribution in [0.2, 0.25) is 0 Å². The minimum atomic E-state index is -0.462. The molecule has 1 amide bonds. The Morgan fingerprint density at radius 3 is 2.68 bits per heavy atom. The fraction of sp³-hybridized carbons (Fsp3) is 0.588. The summed E-state index contributed by atoms with van der Waals surface area (Å²) >= 11 is 0. The first-order chi connectivity index (χ1) is 10.2. The van der Waals surface area contributed by atoms with Crippen molar-refractivity contribution in [2.24, 2.45) is 0 Å². The van der Waals surface area contributed by atoms with Gasteiger partial charge in [0.25, 0.3) is 0 Å². The van der Waals surface area contributed by atoms with E-state index in [1.54, 1.807) is 4.90 Å². The molecule has 22 heavy (non-hydrogen) atoms. The van der Waals surface area contributed by atoms with Crippen LogP contribution in [0.3, 0.4) is 0 Å². The van der Waals surface area contributed by atoms with Crippen molar-refractivity contribution in [1.82, 2.24) is 4.90 Å². The molecule has 0 spiro atoms. The number of carbonyl (C=O) groups excluding carboxylic acids is 1. The molecule has 122 valence electrons. The Balaban J connectivity index is 1.91. The van der Waals surface area contributed by atoms with E-state index in [4.69, 9.17) is 9.47 Å². The largest absolute Gasteiger partial charge is 0.488 e. The van der Waals surface area contributed by atoms with Crippen LogP contribution in [0, 0.1) is 0 Å². The zero-order valence-electron chi connectivity index (χ0n) is 14.1. The van der Waals surface area contributed by atoms with Gasteiger partial charge in [-0.05, 0) is 32.9 Å². The standard InChI is InChI=1S/C17H26N2O3/c1-17(2,3)22-16(20)19-10-9-15(12-19)21-14-8-6-7-13(11-14)18(4)5/h6-8,11,15H,9-10,12H2,1-5H3/t15-/m0/s1. The number of ether oxygens (including phenoxy) is 2. The first-order valence-electron chi connectivity index (χ1n) is 7.66. The Morgan fingerprint density at radius 1 is 1.32 bits per heavy atom. The van der Waals surface area contributed by atoms with Gasteiger partial charge in [0.2, 0.25) is 0 Å². The van der Waals surface area contributed by atoms with Gasteiger partial charge in [0.1, 0.15) is 17.5 Å². The Morgan fingerprint density at radius 2 is 2.05 bits per heavy atom. The van der Waals surface area contributed by atoms with Gasteiger partial charge in [-0.15, -0.1) is 0 Å². The minimum Gasteiger partial charge on any atom is -0.488 e. The number of carbonyl (C=O) groups is 1. The lowest BCUT2D eigenvalue weighted by Crippen LogP contribution is -2.36. The molecule has 1 aromatic carbocycles. The summed E-state index contributed by atoms with van der Waals surface area (Å²) in [6.45, 7) is 6.87. The van der Waals surface area contributed by atoms with Crippen molar-refractivity contribution in [2.75, 3.05) is 32.1 Å². The highest BCUT2D eigenvalue weighted by Crippen LogP contribution is 2.23. The van der Waals surface area contributed by atoms with Gasteiger partial charge in [-0.25, -0.2) is 4.79 Å². The smallest absolute Gasteiger partial charge is 0.410 e. The zero-order valence-corrected chi connectivity index (χ0v) is 14.1. The van der Waals surface area contributed by atoms with Crippen LogP contribution in [0.15, 0.2) is 24.3 Å². The lowest BCUT2D eigenvalue weighted by Gasteiger charge is -2.24. The van der Waals surface area contributed by atoms with E-state index in [-0.39, 0.29) is 12.2 Å². The summed E-state index contributed by atoms with van der Waals surface area (Å²) in [6, 6.07) is 7.97. The molecule has 1 fully saturated rings. The molecular formula is C17H26N2O3. The average Bonchev–Trinajstić information content (AvgIpc) is 2.85. The van der Waals surface area contributed by atoms with Gasteiger partial charge in [0.15, 0.2) is 0 Å². The molecule has 0 radical (unpaired) electrons. The van der Waals surface area contributed by atoms with Gasteiger partial charge in [-0.1, -0.05) is 6.07 Å². The van der Waals surface area contributed by atoms with E-state index in [0.29, 0.717) is 13.1 Å². The molecule has 0 aromatic heterocycles. The second-order valence-electron chi connectivity index (χ2n) is 6.85. The van der Waals surface area contributed by atoms with Crippen LogP contribution in [-0.4, -0.2) is 49.9 Å². The topological polar surface area (TPSA) is 42.0 Å². The first-order valence-corrected chi connectivity index (χ1v) is 7.66. The molecule has 1 heterocycles. The van der Waals surface area contributed by atoms with Crippen molar-refractivity contribution in [1.29, 1.82) is 0 Å². The van der Waals surface area contributed by atoms with Crippen molar-refractivity contribution < 1.29 is 14.3 Å². The number of benzene rings is 1. The molecule has 5 nitrogen and oxygen atoms in total. The monoisotopic (exact) mass is 306 g/mol. The van der Waals surface area contributed by atoms with E-state index in [1.165, 1.54) is 0 Å². The normalized spacial score (nSPS) is 18.2. The second-order valence-corrected chi connectivity index (χ2v) is 6.85. The van der Waals surface area contributed by atoms with E-state index in [0.717, 1.165) is 17.9 Å². The maximum absolute atomic E-state index is 12.0. The molecule has 1 atom stereocenters. The third kappa shape index (κ3) is 4.55. The predicted octanol–water partition coefficient (Wildman–Crippen LogP) is 3.14. The summed E-state index contributed by atoms with van der Waals surface area (Å²) in [7, 11) is 4.00. The molecule has 1 aliphatic heterocycles. The number of anilines is 1. The van der Waals surface area contributed by atoms with Crippen molar-refractivity contribution >= 4 is 11.8 Å². The highest BCUT2D eigenvalue weighted by molar-refractivity contribution is 5.68. The Labute approximate surface area is 132 Å². The molecule has 1 saturated heterocycles. The second kappa shape index (κ2) is 6.46. The Bertz CT molecular complexity index is 523. The lowest BCUT2D eigenvalue weighted by molar-refractivity contribution is 0.0275. The minimum absolute atomic E-state index is 0.0185. The maximum atomic E-state index is 12.0. The van der Waals surface area contributed by atoms with E-state index >= 15 is 0 Å². The fourth-order valence-electron chi connectivity index (χ4n) is 2.34. The Hall–Kier alpha value is -1.91. The van der Waals surface area contributed by atoms with Gasteiger partial charge in [-0.2, -0.15) is 0 Å². The van der Waals surface area contributed by atoms with Crippen LogP contribution in [0.5, 0.6) is 5.75 Å². The van der Waals surface area contributed by atoms with Crippen LogP contribution < -0.4 is 9.64 Å². The molecule has 0 unspecified atom stereocenters. The highest BCUT2D eigenvalue weighted by atomic mass is 16.6. The maximum Gasteiger partial charge on any atom is 0.410 e. The van der Waals surface area contributed by atoms with Gasteiger partial charge < -0.3 is 19.3 Å². The number of hydrogen-bond acceptors (Lipinski definition) is 4. The third-order valence-electron chi connectivity index (χ3n) is 3.43. The lowest BCUT2D eigenvalue weighted by atomic mass is 10.2. The molecule has 1 aliphatic rings. The Kier molecular flexibility index (Phi) is 4.84. The van der Waals surface area contributed by atoms with E-state index < -0.39 is 5.60 Å². The number of nitrogens with zero attached hydrogens (tertiary/aromatic N) is 2. The van der Waals surface area contributed by atoms with E-state index in [9.17, 15) is 4.79 Å². The zero-order chi connectivity index (χ0) is 16.3. The molecule has 5 heteroatoms. The number of amides is 1. The van der Waals surface area contributed by atoms with Crippen LogP contribution >= 0.6 is 0 Å². The molecule has 0 saturated carbocycles. The number of rotatable bonds is 3. The van der Waals surface area contributed by atoms with E-state index in [1.807, 2.05) is 64.0 Å².